The van der Waals surface area contributed by atoms with E-state index in [-0.39, 0.29) is 0 Å². The van der Waals surface area contributed by atoms with Gasteiger partial charge in [0, 0.05) is 0 Å². The van der Waals surface area contributed by atoms with E-state index in [0.29, 0.717) is 5.96 Å². The topological polar surface area (TPSA) is 66.0 Å². The van der Waals surface area contributed by atoms with Crippen LogP contribution in [0.1, 0.15) is 96.8 Å². The van der Waals surface area contributed by atoms with Crippen molar-refractivity contribution in [1.82, 2.24) is 0 Å². The summed E-state index contributed by atoms with van der Waals surface area (Å²) in [7, 11) is 0. The van der Waals surface area contributed by atoms with Crippen molar-refractivity contribution >= 4 is 5.96 Å². The van der Waals surface area contributed by atoms with E-state index in [1.165, 1.54) is 89.9 Å². The molecule has 0 heterocycles. The highest BCUT2D eigenvalue weighted by molar-refractivity contribution is 5.69. The zero-order valence-corrected chi connectivity index (χ0v) is 13.8. The van der Waals surface area contributed by atoms with Gasteiger partial charge in [0.15, 0.2) is 0 Å². The molecule has 3 nitrogen and oxygen atoms in total. The molecule has 0 radical (unpaired) electrons. The highest BCUT2D eigenvalue weighted by Crippen LogP contribution is 2.12. The number of guanidine groups is 1. The monoisotopic (exact) mass is 284 g/mol. The highest BCUT2D eigenvalue weighted by atomic mass is 15.0. The fourth-order valence-corrected chi connectivity index (χ4v) is 2.55. The number of rotatable bonds is 15. The summed E-state index contributed by atoms with van der Waals surface area (Å²) in [6.07, 6.45) is 19.5. The van der Waals surface area contributed by atoms with E-state index < -0.39 is 0 Å². The summed E-state index contributed by atoms with van der Waals surface area (Å²) in [5.74, 6) is 0.347. The average Bonchev–Trinajstić information content (AvgIpc) is 2.43. The Labute approximate surface area is 126 Å². The molecule has 0 spiro atoms. The third-order valence-electron chi connectivity index (χ3n) is 3.86. The van der Waals surface area contributed by atoms with Crippen LogP contribution in [-0.2, 0) is 0 Å². The van der Waals surface area contributed by atoms with E-state index in [2.05, 4.69) is 11.9 Å². The van der Waals surface area contributed by atoms with Crippen molar-refractivity contribution in [1.29, 1.82) is 0 Å². The summed E-state index contributed by atoms with van der Waals surface area (Å²) >= 11 is 0. The molecule has 120 valence electrons. The molecule has 5 N–H and O–H groups in total. The molecule has 0 rings (SSSR count). The fraction of sp³-hybridized carbons (Fsp3) is 0.941. The molecule has 0 atom stereocenters. The molecule has 0 aromatic rings. The van der Waals surface area contributed by atoms with Crippen LogP contribution in [0.4, 0.5) is 0 Å². The van der Waals surface area contributed by atoms with Gasteiger partial charge in [-0.05, 0) is 6.42 Å². The van der Waals surface area contributed by atoms with Crippen molar-refractivity contribution in [2.45, 2.75) is 96.8 Å². The lowest BCUT2D eigenvalue weighted by molar-refractivity contribution is -0.459. The minimum Gasteiger partial charge on any atom is -0.291 e. The minimum absolute atomic E-state index is 0.347. The first-order chi connectivity index (χ1) is 9.77. The van der Waals surface area contributed by atoms with Crippen molar-refractivity contribution in [3.05, 3.63) is 0 Å². The maximum Gasteiger partial charge on any atom is 0.338 e. The van der Waals surface area contributed by atoms with Crippen molar-refractivity contribution in [3.8, 4) is 0 Å². The van der Waals surface area contributed by atoms with Gasteiger partial charge in [-0.2, -0.15) is 0 Å². The van der Waals surface area contributed by atoms with Gasteiger partial charge in [-0.25, -0.2) is 0 Å². The van der Waals surface area contributed by atoms with Gasteiger partial charge >= 0.3 is 5.96 Å². The van der Waals surface area contributed by atoms with Crippen LogP contribution in [0.15, 0.2) is 0 Å². The van der Waals surface area contributed by atoms with Crippen LogP contribution in [0.5, 0.6) is 0 Å². The first kappa shape index (κ1) is 19.3. The Balaban J connectivity index is 2.97. The summed E-state index contributed by atoms with van der Waals surface area (Å²) in [5.41, 5.74) is 10.7. The van der Waals surface area contributed by atoms with Crippen molar-refractivity contribution in [2.75, 3.05) is 6.54 Å². The van der Waals surface area contributed by atoms with Crippen LogP contribution < -0.4 is 16.5 Å². The molecular formula is C17H38N3+. The molecular weight excluding hydrogens is 246 g/mol. The zero-order chi connectivity index (χ0) is 14.9. The second-order valence-electron chi connectivity index (χ2n) is 5.98. The zero-order valence-electron chi connectivity index (χ0n) is 13.8. The average molecular weight is 285 g/mol. The molecule has 0 aromatic heterocycles. The van der Waals surface area contributed by atoms with Gasteiger partial charge in [-0.1, -0.05) is 90.4 Å². The van der Waals surface area contributed by atoms with Gasteiger partial charge in [0.2, 0.25) is 0 Å². The lowest BCUT2D eigenvalue weighted by Gasteiger charge is -2.02. The van der Waals surface area contributed by atoms with Gasteiger partial charge in [-0.15, -0.1) is 0 Å². The van der Waals surface area contributed by atoms with E-state index in [4.69, 9.17) is 11.5 Å². The summed E-state index contributed by atoms with van der Waals surface area (Å²) < 4.78 is 0. The highest BCUT2D eigenvalue weighted by Gasteiger charge is 1.94. The maximum atomic E-state index is 5.33. The van der Waals surface area contributed by atoms with Gasteiger partial charge in [0.1, 0.15) is 0 Å². The third kappa shape index (κ3) is 17.3. The van der Waals surface area contributed by atoms with Crippen LogP contribution in [0.2, 0.25) is 0 Å². The van der Waals surface area contributed by atoms with Crippen molar-refractivity contribution < 1.29 is 4.99 Å². The van der Waals surface area contributed by atoms with E-state index in [1.807, 2.05) is 0 Å². The largest absolute Gasteiger partial charge is 0.338 e. The number of nitrogens with two attached hydrogens (primary N) is 2. The third-order valence-corrected chi connectivity index (χ3v) is 3.86. The van der Waals surface area contributed by atoms with Crippen LogP contribution in [-0.4, -0.2) is 12.5 Å². The van der Waals surface area contributed by atoms with Gasteiger partial charge < -0.3 is 0 Å². The first-order valence-electron chi connectivity index (χ1n) is 8.89. The predicted octanol–water partition coefficient (Wildman–Crippen LogP) is 2.82. The Morgan fingerprint density at radius 3 is 1.30 bits per heavy atom. The van der Waals surface area contributed by atoms with Crippen LogP contribution in [0.3, 0.4) is 0 Å². The summed E-state index contributed by atoms with van der Waals surface area (Å²) in [4.78, 5) is 2.96. The molecule has 20 heavy (non-hydrogen) atoms. The first-order valence-corrected chi connectivity index (χ1v) is 8.89. The number of nitrogens with one attached hydrogen (secondary N) is 1. The number of hydrogen-bond acceptors (Lipinski definition) is 0. The molecule has 0 unspecified atom stereocenters. The Morgan fingerprint density at radius 2 is 0.950 bits per heavy atom. The fourth-order valence-electron chi connectivity index (χ4n) is 2.55. The number of hydrogen-bond donors (Lipinski definition) is 3. The molecule has 0 amide bonds. The molecule has 0 aliphatic heterocycles. The lowest BCUT2D eigenvalue weighted by Crippen LogP contribution is -2.78. The van der Waals surface area contributed by atoms with E-state index in [0.717, 1.165) is 6.54 Å². The second-order valence-corrected chi connectivity index (χ2v) is 5.98. The SMILES string of the molecule is CCCCCCCCCCCCCCCC[NH+]=C(N)N. The molecule has 3 heteroatoms. The Morgan fingerprint density at radius 1 is 0.600 bits per heavy atom. The normalized spacial score (nSPS) is 10.7. The smallest absolute Gasteiger partial charge is 0.291 e. The predicted molar refractivity (Wildman–Crippen MR) is 89.5 cm³/mol. The Bertz CT molecular complexity index is 210. The maximum absolute atomic E-state index is 5.33. The lowest BCUT2D eigenvalue weighted by atomic mass is 10.0. The quantitative estimate of drug-likeness (QED) is 0.246. The van der Waals surface area contributed by atoms with E-state index in [9.17, 15) is 0 Å². The van der Waals surface area contributed by atoms with Gasteiger partial charge in [-0.3, -0.25) is 16.5 Å². The number of unbranched alkanes of at least 4 members (excludes halogenated alkanes) is 13. The van der Waals surface area contributed by atoms with E-state index >= 15 is 0 Å². The molecule has 0 bridgehead atoms. The van der Waals surface area contributed by atoms with Crippen LogP contribution in [0, 0.1) is 0 Å². The Kier molecular flexibility index (Phi) is 15.7. The molecule has 0 aliphatic rings. The summed E-state index contributed by atoms with van der Waals surface area (Å²) in [6, 6.07) is 0. The van der Waals surface area contributed by atoms with Gasteiger partial charge in [0.25, 0.3) is 0 Å². The summed E-state index contributed by atoms with van der Waals surface area (Å²) in [5, 5.41) is 0. The van der Waals surface area contributed by atoms with Crippen LogP contribution in [0.25, 0.3) is 0 Å². The van der Waals surface area contributed by atoms with Crippen molar-refractivity contribution in [3.63, 3.8) is 0 Å². The van der Waals surface area contributed by atoms with Crippen molar-refractivity contribution in [2.24, 2.45) is 11.5 Å². The molecule has 0 saturated carbocycles. The summed E-state index contributed by atoms with van der Waals surface area (Å²) in [6.45, 7) is 3.20. The van der Waals surface area contributed by atoms with E-state index in [1.54, 1.807) is 0 Å². The minimum atomic E-state index is 0.347. The standard InChI is InChI=1S/C17H37N3/c1-2-3-4-5-6-7-8-9-10-11-12-13-14-15-16-20-17(18)19/h2-16H2,1H3,(H4,18,19,20)/p+1. The van der Waals surface area contributed by atoms with Gasteiger partial charge in [0.05, 0.1) is 6.54 Å². The second kappa shape index (κ2) is 16.3. The molecule has 0 aliphatic carbocycles. The molecule has 0 fully saturated rings. The Hall–Kier alpha value is -0.730. The molecule has 0 saturated heterocycles. The molecule has 0 aromatic carbocycles. The van der Waals surface area contributed by atoms with Crippen LogP contribution >= 0.6 is 0 Å².